The molecule has 1 saturated carbocycles. The number of halogens is 2. The van der Waals surface area contributed by atoms with Gasteiger partial charge in [0.25, 0.3) is 0 Å². The minimum atomic E-state index is -0.386. The fourth-order valence-electron chi connectivity index (χ4n) is 1.62. The van der Waals surface area contributed by atoms with E-state index in [0.717, 1.165) is 18.4 Å². The monoisotopic (exact) mass is 213 g/mol. The second-order valence-corrected chi connectivity index (χ2v) is 4.71. The summed E-state index contributed by atoms with van der Waals surface area (Å²) in [7, 11) is 0. The van der Waals surface area contributed by atoms with Crippen molar-refractivity contribution in [2.45, 2.75) is 25.8 Å². The van der Waals surface area contributed by atoms with Crippen molar-refractivity contribution in [2.75, 3.05) is 0 Å². The van der Waals surface area contributed by atoms with E-state index in [2.05, 4.69) is 6.92 Å². The van der Waals surface area contributed by atoms with Crippen LogP contribution in [0.15, 0.2) is 18.2 Å². The number of nitrogens with two attached hydrogens (primary N) is 1. The van der Waals surface area contributed by atoms with Crippen molar-refractivity contribution in [3.8, 4) is 0 Å². The molecule has 2 rings (SSSR count). The molecule has 1 nitrogen and oxygen atoms in total. The smallest absolute Gasteiger partial charge is 0.141 e. The fourth-order valence-corrected chi connectivity index (χ4v) is 1.81. The van der Waals surface area contributed by atoms with Crippen LogP contribution in [-0.4, -0.2) is 0 Å². The molecule has 0 saturated heterocycles. The Hall–Kier alpha value is -0.600. The molecule has 1 aliphatic carbocycles. The molecule has 2 N–H and O–H groups in total. The summed E-state index contributed by atoms with van der Waals surface area (Å²) in [6, 6.07) is 4.70. The molecule has 0 aliphatic heterocycles. The Labute approximate surface area is 88.1 Å². The van der Waals surface area contributed by atoms with Crippen molar-refractivity contribution >= 4 is 11.6 Å². The van der Waals surface area contributed by atoms with Gasteiger partial charge in [0.05, 0.1) is 5.02 Å². The Kier molecular flexibility index (Phi) is 2.28. The minimum Gasteiger partial charge on any atom is -0.323 e. The lowest BCUT2D eigenvalue weighted by atomic mass is 9.93. The van der Waals surface area contributed by atoms with Crippen molar-refractivity contribution in [3.05, 3.63) is 34.6 Å². The molecular weight excluding hydrogens is 201 g/mol. The van der Waals surface area contributed by atoms with Crippen LogP contribution in [0.4, 0.5) is 4.39 Å². The van der Waals surface area contributed by atoms with Crippen LogP contribution < -0.4 is 5.73 Å². The summed E-state index contributed by atoms with van der Waals surface area (Å²) in [5.74, 6) is -0.386. The van der Waals surface area contributed by atoms with Crippen LogP contribution in [0, 0.1) is 11.2 Å². The van der Waals surface area contributed by atoms with Gasteiger partial charge in [0.2, 0.25) is 0 Å². The third-order valence-electron chi connectivity index (χ3n) is 3.09. The van der Waals surface area contributed by atoms with E-state index in [-0.39, 0.29) is 22.3 Å². The highest BCUT2D eigenvalue weighted by Crippen LogP contribution is 2.53. The standard InChI is InChI=1S/C11H13ClFN/c1-11(4-5-11)10(14)7-2-3-9(13)8(12)6-7/h2-3,6,10H,4-5,14H2,1H3. The highest BCUT2D eigenvalue weighted by atomic mass is 35.5. The van der Waals surface area contributed by atoms with Crippen molar-refractivity contribution in [3.63, 3.8) is 0 Å². The number of hydrogen-bond acceptors (Lipinski definition) is 1. The van der Waals surface area contributed by atoms with Crippen LogP contribution in [0.25, 0.3) is 0 Å². The molecule has 1 aliphatic rings. The Bertz CT molecular complexity index is 360. The first-order valence-electron chi connectivity index (χ1n) is 4.73. The van der Waals surface area contributed by atoms with Crippen molar-refractivity contribution in [1.82, 2.24) is 0 Å². The number of hydrogen-bond donors (Lipinski definition) is 1. The van der Waals surface area contributed by atoms with Gasteiger partial charge in [-0.15, -0.1) is 0 Å². The zero-order chi connectivity index (χ0) is 10.3. The molecule has 76 valence electrons. The summed E-state index contributed by atoms with van der Waals surface area (Å²) in [4.78, 5) is 0. The van der Waals surface area contributed by atoms with E-state index in [1.165, 1.54) is 6.07 Å². The molecule has 0 spiro atoms. The first-order chi connectivity index (χ1) is 6.53. The first kappa shape index (κ1) is 9.94. The normalized spacial score (nSPS) is 20.6. The molecule has 1 aromatic carbocycles. The van der Waals surface area contributed by atoms with Crippen molar-refractivity contribution < 1.29 is 4.39 Å². The third-order valence-corrected chi connectivity index (χ3v) is 3.38. The van der Waals surface area contributed by atoms with E-state index in [1.54, 1.807) is 12.1 Å². The molecule has 14 heavy (non-hydrogen) atoms. The maximum absolute atomic E-state index is 12.9. The highest BCUT2D eigenvalue weighted by molar-refractivity contribution is 6.30. The Balaban J connectivity index is 2.28. The molecular formula is C11H13ClFN. The molecule has 0 amide bonds. The second kappa shape index (κ2) is 3.21. The predicted molar refractivity (Wildman–Crippen MR) is 55.7 cm³/mol. The minimum absolute atomic E-state index is 0.0272. The maximum atomic E-state index is 12.9. The molecule has 3 heteroatoms. The van der Waals surface area contributed by atoms with Gasteiger partial charge < -0.3 is 5.73 Å². The summed E-state index contributed by atoms with van der Waals surface area (Å²) in [6.45, 7) is 2.15. The molecule has 1 atom stereocenters. The van der Waals surface area contributed by atoms with Crippen molar-refractivity contribution in [2.24, 2.45) is 11.1 Å². The van der Waals surface area contributed by atoms with Gasteiger partial charge >= 0.3 is 0 Å². The lowest BCUT2D eigenvalue weighted by Gasteiger charge is -2.19. The zero-order valence-corrected chi connectivity index (χ0v) is 8.81. The van der Waals surface area contributed by atoms with E-state index in [4.69, 9.17) is 17.3 Å². The van der Waals surface area contributed by atoms with Crippen LogP contribution in [0.2, 0.25) is 5.02 Å². The largest absolute Gasteiger partial charge is 0.323 e. The maximum Gasteiger partial charge on any atom is 0.141 e. The summed E-state index contributed by atoms with van der Waals surface area (Å²) < 4.78 is 12.9. The fraction of sp³-hybridized carbons (Fsp3) is 0.455. The van der Waals surface area contributed by atoms with Crippen LogP contribution >= 0.6 is 11.6 Å². The first-order valence-corrected chi connectivity index (χ1v) is 5.11. The van der Waals surface area contributed by atoms with E-state index in [1.807, 2.05) is 0 Å². The average Bonchev–Trinajstić information content (AvgIpc) is 2.89. The molecule has 1 aromatic rings. The van der Waals surface area contributed by atoms with Gasteiger partial charge in [0.1, 0.15) is 5.82 Å². The van der Waals surface area contributed by atoms with Gasteiger partial charge in [-0.05, 0) is 36.0 Å². The highest BCUT2D eigenvalue weighted by Gasteiger charge is 2.43. The molecule has 1 fully saturated rings. The zero-order valence-electron chi connectivity index (χ0n) is 8.06. The van der Waals surface area contributed by atoms with Gasteiger partial charge in [0, 0.05) is 6.04 Å². The molecule has 0 heterocycles. The second-order valence-electron chi connectivity index (χ2n) is 4.31. The summed E-state index contributed by atoms with van der Waals surface area (Å²) in [5.41, 5.74) is 7.20. The Morgan fingerprint density at radius 3 is 2.64 bits per heavy atom. The number of rotatable bonds is 2. The Morgan fingerprint density at radius 2 is 2.14 bits per heavy atom. The van der Waals surface area contributed by atoms with Gasteiger partial charge in [-0.2, -0.15) is 0 Å². The topological polar surface area (TPSA) is 26.0 Å². The van der Waals surface area contributed by atoms with Gasteiger partial charge in [-0.1, -0.05) is 24.6 Å². The quantitative estimate of drug-likeness (QED) is 0.802. The number of benzene rings is 1. The Morgan fingerprint density at radius 1 is 1.50 bits per heavy atom. The molecule has 0 radical (unpaired) electrons. The van der Waals surface area contributed by atoms with Gasteiger partial charge in [-0.25, -0.2) is 4.39 Å². The molecule has 1 unspecified atom stereocenters. The molecule has 0 aromatic heterocycles. The van der Waals surface area contributed by atoms with E-state index in [9.17, 15) is 4.39 Å². The SMILES string of the molecule is CC1(C(N)c2ccc(F)c(Cl)c2)CC1. The van der Waals surface area contributed by atoms with Crippen LogP contribution in [0.1, 0.15) is 31.4 Å². The van der Waals surface area contributed by atoms with Crippen LogP contribution in [0.3, 0.4) is 0 Å². The van der Waals surface area contributed by atoms with Crippen molar-refractivity contribution in [1.29, 1.82) is 0 Å². The van der Waals surface area contributed by atoms with Gasteiger partial charge in [0.15, 0.2) is 0 Å². The van der Waals surface area contributed by atoms with E-state index < -0.39 is 0 Å². The third kappa shape index (κ3) is 1.64. The molecule has 0 bridgehead atoms. The van der Waals surface area contributed by atoms with Crippen LogP contribution in [0.5, 0.6) is 0 Å². The predicted octanol–water partition coefficient (Wildman–Crippen LogP) is 3.28. The summed E-state index contributed by atoms with van der Waals surface area (Å²) >= 11 is 5.70. The lowest BCUT2D eigenvalue weighted by Crippen LogP contribution is -2.20. The summed E-state index contributed by atoms with van der Waals surface area (Å²) in [6.07, 6.45) is 2.28. The van der Waals surface area contributed by atoms with E-state index in [0.29, 0.717) is 0 Å². The lowest BCUT2D eigenvalue weighted by molar-refractivity contribution is 0.450. The average molecular weight is 214 g/mol. The van der Waals surface area contributed by atoms with Gasteiger partial charge in [-0.3, -0.25) is 0 Å². The van der Waals surface area contributed by atoms with E-state index >= 15 is 0 Å². The van der Waals surface area contributed by atoms with Crippen LogP contribution in [-0.2, 0) is 0 Å². The summed E-state index contributed by atoms with van der Waals surface area (Å²) in [5, 5.41) is 0.155.